The second-order valence-electron chi connectivity index (χ2n) is 5.16. The van der Waals surface area contributed by atoms with E-state index in [1.807, 2.05) is 30.3 Å². The van der Waals surface area contributed by atoms with E-state index in [-0.39, 0.29) is 17.7 Å². The van der Waals surface area contributed by atoms with Gasteiger partial charge in [-0.2, -0.15) is 0 Å². The van der Waals surface area contributed by atoms with Gasteiger partial charge in [-0.1, -0.05) is 41.9 Å². The first-order chi connectivity index (χ1) is 10.6. The highest BCUT2D eigenvalue weighted by atomic mass is 35.5. The minimum Gasteiger partial charge on any atom is -0.371 e. The Bertz CT molecular complexity index is 678. The molecule has 114 valence electrons. The zero-order valence-corrected chi connectivity index (χ0v) is 12.6. The fourth-order valence-corrected chi connectivity index (χ4v) is 2.78. The monoisotopic (exact) mass is 317 g/mol. The normalized spacial score (nSPS) is 20.8. The maximum atomic E-state index is 11.1. The lowest BCUT2D eigenvalue weighted by atomic mass is 10.0. The van der Waals surface area contributed by atoms with E-state index in [0.717, 1.165) is 12.0 Å². The number of primary amides is 1. The van der Waals surface area contributed by atoms with Crippen LogP contribution in [0.3, 0.4) is 0 Å². The lowest BCUT2D eigenvalue weighted by Crippen LogP contribution is -2.24. The number of ether oxygens (including phenoxy) is 1. The molecule has 0 aliphatic carbocycles. The van der Waals surface area contributed by atoms with Gasteiger partial charge in [0.05, 0.1) is 16.6 Å². The van der Waals surface area contributed by atoms with Crippen molar-refractivity contribution in [1.29, 1.82) is 0 Å². The van der Waals surface area contributed by atoms with Crippen LogP contribution in [0.1, 0.15) is 28.4 Å². The summed E-state index contributed by atoms with van der Waals surface area (Å²) in [7, 11) is 0. The number of benzene rings is 1. The number of hydrogen-bond donors (Lipinski definition) is 2. The Labute approximate surface area is 133 Å². The van der Waals surface area contributed by atoms with E-state index < -0.39 is 5.91 Å². The zero-order valence-electron chi connectivity index (χ0n) is 11.8. The van der Waals surface area contributed by atoms with Crippen molar-refractivity contribution in [1.82, 2.24) is 4.98 Å². The second-order valence-corrected chi connectivity index (χ2v) is 5.57. The molecule has 1 aromatic heterocycles. The number of amides is 1. The summed E-state index contributed by atoms with van der Waals surface area (Å²) in [5.41, 5.74) is 6.62. The maximum Gasteiger partial charge on any atom is 0.250 e. The topological polar surface area (TPSA) is 77.2 Å². The molecule has 3 rings (SSSR count). The highest BCUT2D eigenvalue weighted by Gasteiger charge is 2.30. The van der Waals surface area contributed by atoms with Crippen LogP contribution in [0.25, 0.3) is 0 Å². The molecule has 1 aliphatic heterocycles. The molecule has 3 N–H and O–H groups in total. The number of nitrogens with two attached hydrogens (primary N) is 1. The number of pyridine rings is 1. The quantitative estimate of drug-likeness (QED) is 0.909. The van der Waals surface area contributed by atoms with Gasteiger partial charge < -0.3 is 15.8 Å². The minimum absolute atomic E-state index is 0.0464. The van der Waals surface area contributed by atoms with Crippen LogP contribution in [0.2, 0.25) is 5.02 Å². The highest BCUT2D eigenvalue weighted by Crippen LogP contribution is 2.32. The smallest absolute Gasteiger partial charge is 0.250 e. The first-order valence-corrected chi connectivity index (χ1v) is 7.41. The van der Waals surface area contributed by atoms with E-state index in [4.69, 9.17) is 22.1 Å². The summed E-state index contributed by atoms with van der Waals surface area (Å²) in [6.45, 7) is 0.675. The van der Waals surface area contributed by atoms with Crippen molar-refractivity contribution in [3.63, 3.8) is 0 Å². The molecule has 1 aromatic carbocycles. The SMILES string of the molecule is NC(=O)c1cnc(N[C@H]2CCO[C@@H]2c2ccccc2)c(Cl)c1. The standard InChI is InChI=1S/C16H16ClN3O2/c17-12-8-11(15(18)21)9-19-16(12)20-13-6-7-22-14(13)10-4-2-1-3-5-10/h1-5,8-9,13-14H,6-7H2,(H2,18,21)(H,19,20)/t13-,14+/m0/s1. The first kappa shape index (κ1) is 14.8. The summed E-state index contributed by atoms with van der Waals surface area (Å²) >= 11 is 6.17. The Morgan fingerprint density at radius 2 is 2.14 bits per heavy atom. The van der Waals surface area contributed by atoms with Gasteiger partial charge in [-0.05, 0) is 18.1 Å². The number of halogens is 1. The molecule has 1 saturated heterocycles. The van der Waals surface area contributed by atoms with Crippen LogP contribution >= 0.6 is 11.6 Å². The third-order valence-corrected chi connectivity index (χ3v) is 3.96. The number of carbonyl (C=O) groups excluding carboxylic acids is 1. The van der Waals surface area contributed by atoms with Crippen LogP contribution in [0.4, 0.5) is 5.82 Å². The number of nitrogens with one attached hydrogen (secondary N) is 1. The minimum atomic E-state index is -0.549. The first-order valence-electron chi connectivity index (χ1n) is 7.03. The average Bonchev–Trinajstić information content (AvgIpc) is 2.98. The van der Waals surface area contributed by atoms with Gasteiger partial charge in [-0.15, -0.1) is 0 Å². The van der Waals surface area contributed by atoms with Gasteiger partial charge >= 0.3 is 0 Å². The van der Waals surface area contributed by atoms with E-state index in [2.05, 4.69) is 10.3 Å². The predicted molar refractivity (Wildman–Crippen MR) is 84.9 cm³/mol. The van der Waals surface area contributed by atoms with Crippen LogP contribution in [-0.2, 0) is 4.74 Å². The van der Waals surface area contributed by atoms with Crippen molar-refractivity contribution < 1.29 is 9.53 Å². The molecule has 1 amide bonds. The van der Waals surface area contributed by atoms with Gasteiger partial charge in [0, 0.05) is 12.8 Å². The molecule has 0 spiro atoms. The second kappa shape index (κ2) is 6.34. The van der Waals surface area contributed by atoms with Gasteiger partial charge in [0.2, 0.25) is 5.91 Å². The lowest BCUT2D eigenvalue weighted by molar-refractivity contribution is 0.1000. The number of anilines is 1. The van der Waals surface area contributed by atoms with Crippen molar-refractivity contribution in [2.24, 2.45) is 5.73 Å². The Hall–Kier alpha value is -2.11. The van der Waals surface area contributed by atoms with E-state index in [1.165, 1.54) is 12.3 Å². The van der Waals surface area contributed by atoms with Crippen molar-refractivity contribution in [2.45, 2.75) is 18.6 Å². The maximum absolute atomic E-state index is 11.1. The summed E-state index contributed by atoms with van der Waals surface area (Å²) < 4.78 is 5.82. The Morgan fingerprint density at radius 3 is 2.82 bits per heavy atom. The van der Waals surface area contributed by atoms with Crippen LogP contribution in [0.15, 0.2) is 42.6 Å². The number of rotatable bonds is 4. The van der Waals surface area contributed by atoms with Crippen LogP contribution in [0, 0.1) is 0 Å². The fraction of sp³-hybridized carbons (Fsp3) is 0.250. The number of hydrogen-bond acceptors (Lipinski definition) is 4. The average molecular weight is 318 g/mol. The van der Waals surface area contributed by atoms with E-state index in [9.17, 15) is 4.79 Å². The molecule has 6 heteroatoms. The number of nitrogens with zero attached hydrogens (tertiary/aromatic N) is 1. The van der Waals surface area contributed by atoms with Crippen molar-refractivity contribution >= 4 is 23.3 Å². The summed E-state index contributed by atoms with van der Waals surface area (Å²) in [4.78, 5) is 15.3. The van der Waals surface area contributed by atoms with Crippen LogP contribution < -0.4 is 11.1 Å². The summed E-state index contributed by atoms with van der Waals surface area (Å²) in [5.74, 6) is -0.0181. The van der Waals surface area contributed by atoms with Gasteiger partial charge in [0.15, 0.2) is 0 Å². The molecular weight excluding hydrogens is 302 g/mol. The van der Waals surface area contributed by atoms with Crippen molar-refractivity contribution in [3.05, 3.63) is 58.7 Å². The van der Waals surface area contributed by atoms with E-state index in [1.54, 1.807) is 0 Å². The molecular formula is C16H16ClN3O2. The fourth-order valence-electron chi connectivity index (χ4n) is 2.56. The largest absolute Gasteiger partial charge is 0.371 e. The molecule has 22 heavy (non-hydrogen) atoms. The molecule has 0 saturated carbocycles. The van der Waals surface area contributed by atoms with Crippen molar-refractivity contribution in [3.8, 4) is 0 Å². The Balaban J connectivity index is 1.79. The van der Waals surface area contributed by atoms with Crippen LogP contribution in [0.5, 0.6) is 0 Å². The molecule has 0 unspecified atom stereocenters. The van der Waals surface area contributed by atoms with Gasteiger partial charge in [-0.3, -0.25) is 4.79 Å². The summed E-state index contributed by atoms with van der Waals surface area (Å²) in [6.07, 6.45) is 2.23. The molecule has 0 bridgehead atoms. The molecule has 2 atom stereocenters. The van der Waals surface area contributed by atoms with Gasteiger partial charge in [0.25, 0.3) is 0 Å². The molecule has 2 aromatic rings. The lowest BCUT2D eigenvalue weighted by Gasteiger charge is -2.21. The van der Waals surface area contributed by atoms with Gasteiger partial charge in [-0.25, -0.2) is 4.98 Å². The highest BCUT2D eigenvalue weighted by molar-refractivity contribution is 6.33. The Kier molecular flexibility index (Phi) is 4.27. The molecule has 1 aliphatic rings. The van der Waals surface area contributed by atoms with E-state index in [0.29, 0.717) is 17.4 Å². The number of carbonyl (C=O) groups is 1. The summed E-state index contributed by atoms with van der Waals surface area (Å²) in [5, 5.41) is 3.67. The molecule has 1 fully saturated rings. The number of aromatic nitrogens is 1. The predicted octanol–water partition coefficient (Wildman–Crippen LogP) is 2.78. The molecule has 0 radical (unpaired) electrons. The third kappa shape index (κ3) is 3.05. The zero-order chi connectivity index (χ0) is 15.5. The van der Waals surface area contributed by atoms with Crippen LogP contribution in [-0.4, -0.2) is 23.5 Å². The summed E-state index contributed by atoms with van der Waals surface area (Å²) in [6, 6.07) is 11.6. The third-order valence-electron chi connectivity index (χ3n) is 3.67. The van der Waals surface area contributed by atoms with E-state index >= 15 is 0 Å². The molecule has 2 heterocycles. The van der Waals surface area contributed by atoms with Crippen molar-refractivity contribution in [2.75, 3.05) is 11.9 Å². The Morgan fingerprint density at radius 1 is 1.36 bits per heavy atom. The van der Waals surface area contributed by atoms with Gasteiger partial charge in [0.1, 0.15) is 11.9 Å². The molecule has 5 nitrogen and oxygen atoms in total.